The number of rotatable bonds is 4. The van der Waals surface area contributed by atoms with E-state index in [1.807, 2.05) is 0 Å². The van der Waals surface area contributed by atoms with Crippen LogP contribution < -0.4 is 5.32 Å². The van der Waals surface area contributed by atoms with Crippen molar-refractivity contribution in [1.82, 2.24) is 5.32 Å². The maximum absolute atomic E-state index is 9.52. The maximum Gasteiger partial charge on any atom is 0.0667 e. The van der Waals surface area contributed by atoms with Crippen molar-refractivity contribution >= 4 is 12.4 Å². The molecule has 2 nitrogen and oxygen atoms in total. The molecule has 0 spiro atoms. The molecule has 0 aliphatic heterocycles. The monoisotopic (exact) mass is 209 g/mol. The summed E-state index contributed by atoms with van der Waals surface area (Å²) in [7, 11) is 0. The molecule has 1 atom stereocenters. The molecule has 0 rings (SSSR count). The molecule has 3 heteroatoms. The van der Waals surface area contributed by atoms with E-state index in [0.29, 0.717) is 12.5 Å². The fourth-order valence-electron chi connectivity index (χ4n) is 1.05. The van der Waals surface area contributed by atoms with E-state index in [0.717, 1.165) is 6.42 Å². The quantitative estimate of drug-likeness (QED) is 0.744. The summed E-state index contributed by atoms with van der Waals surface area (Å²) in [4.78, 5) is 0. The lowest BCUT2D eigenvalue weighted by molar-refractivity contribution is 0.137. The topological polar surface area (TPSA) is 32.3 Å². The largest absolute Gasteiger partial charge is 0.392 e. The van der Waals surface area contributed by atoms with Crippen LogP contribution in [0.25, 0.3) is 0 Å². The van der Waals surface area contributed by atoms with E-state index in [2.05, 4.69) is 39.9 Å². The summed E-state index contributed by atoms with van der Waals surface area (Å²) in [6.45, 7) is 11.3. The summed E-state index contributed by atoms with van der Waals surface area (Å²) in [5.74, 6) is 0.571. The number of hydrogen-bond acceptors (Lipinski definition) is 2. The van der Waals surface area contributed by atoms with E-state index < -0.39 is 0 Å². The van der Waals surface area contributed by atoms with Gasteiger partial charge in [-0.1, -0.05) is 13.8 Å². The molecule has 0 radical (unpaired) electrons. The van der Waals surface area contributed by atoms with Gasteiger partial charge in [-0.3, -0.25) is 0 Å². The second-order valence-electron chi connectivity index (χ2n) is 4.91. The van der Waals surface area contributed by atoms with Crippen LogP contribution in [0.4, 0.5) is 0 Å². The van der Waals surface area contributed by atoms with Crippen molar-refractivity contribution in [2.45, 2.75) is 52.7 Å². The molecule has 2 N–H and O–H groups in total. The lowest BCUT2D eigenvalue weighted by Gasteiger charge is -2.23. The Balaban J connectivity index is 0. The molecule has 13 heavy (non-hydrogen) atoms. The van der Waals surface area contributed by atoms with E-state index in [4.69, 9.17) is 0 Å². The molecule has 0 aliphatic carbocycles. The highest BCUT2D eigenvalue weighted by Gasteiger charge is 2.12. The van der Waals surface area contributed by atoms with E-state index in [-0.39, 0.29) is 24.0 Å². The molecule has 0 amide bonds. The number of aliphatic hydroxyl groups is 1. The first-order chi connectivity index (χ1) is 5.31. The minimum atomic E-state index is -0.204. The third kappa shape index (κ3) is 12.2. The van der Waals surface area contributed by atoms with Crippen LogP contribution in [-0.4, -0.2) is 23.3 Å². The average Bonchev–Trinajstić information content (AvgIpc) is 1.80. The summed E-state index contributed by atoms with van der Waals surface area (Å²) in [6.07, 6.45) is 0.674. The van der Waals surface area contributed by atoms with E-state index in [1.165, 1.54) is 0 Å². The van der Waals surface area contributed by atoms with Crippen LogP contribution in [0.1, 0.15) is 41.0 Å². The molecule has 82 valence electrons. The molecule has 0 heterocycles. The Labute approximate surface area is 88.5 Å². The zero-order valence-electron chi connectivity index (χ0n) is 9.42. The fraction of sp³-hybridized carbons (Fsp3) is 1.00. The standard InChI is InChI=1S/C10H23NO.ClH/c1-8(2)6-9(12)7-11-10(3,4)5;/h8-9,11-12H,6-7H2,1-5H3;1H. The molecule has 0 aromatic rings. The Morgan fingerprint density at radius 3 is 2.00 bits per heavy atom. The Morgan fingerprint density at radius 2 is 1.69 bits per heavy atom. The summed E-state index contributed by atoms with van der Waals surface area (Å²) < 4.78 is 0. The maximum atomic E-state index is 9.52. The highest BCUT2D eigenvalue weighted by atomic mass is 35.5. The van der Waals surface area contributed by atoms with Crippen molar-refractivity contribution < 1.29 is 5.11 Å². The van der Waals surface area contributed by atoms with Crippen molar-refractivity contribution in [3.8, 4) is 0 Å². The molecule has 0 aromatic carbocycles. The Morgan fingerprint density at radius 1 is 1.23 bits per heavy atom. The Kier molecular flexibility index (Phi) is 8.00. The van der Waals surface area contributed by atoms with Gasteiger partial charge in [0.1, 0.15) is 0 Å². The number of halogens is 1. The lowest BCUT2D eigenvalue weighted by Crippen LogP contribution is -2.41. The smallest absolute Gasteiger partial charge is 0.0667 e. The van der Waals surface area contributed by atoms with Gasteiger partial charge < -0.3 is 10.4 Å². The van der Waals surface area contributed by atoms with E-state index in [9.17, 15) is 5.11 Å². The third-order valence-electron chi connectivity index (χ3n) is 1.61. The first kappa shape index (κ1) is 15.7. The molecule has 0 saturated carbocycles. The van der Waals surface area contributed by atoms with E-state index >= 15 is 0 Å². The van der Waals surface area contributed by atoms with Gasteiger partial charge in [-0.25, -0.2) is 0 Å². The van der Waals surface area contributed by atoms with Gasteiger partial charge in [0.2, 0.25) is 0 Å². The molecular weight excluding hydrogens is 186 g/mol. The molecule has 0 bridgehead atoms. The van der Waals surface area contributed by atoms with Crippen molar-refractivity contribution in [2.75, 3.05) is 6.54 Å². The van der Waals surface area contributed by atoms with Crippen LogP contribution in [0, 0.1) is 5.92 Å². The minimum Gasteiger partial charge on any atom is -0.392 e. The molecule has 0 aliphatic rings. The van der Waals surface area contributed by atoms with Gasteiger partial charge >= 0.3 is 0 Å². The zero-order chi connectivity index (χ0) is 9.78. The number of hydrogen-bond donors (Lipinski definition) is 2. The fourth-order valence-corrected chi connectivity index (χ4v) is 1.05. The first-order valence-corrected chi connectivity index (χ1v) is 4.74. The van der Waals surface area contributed by atoms with Crippen molar-refractivity contribution in [1.29, 1.82) is 0 Å². The number of β-amino-alcohol motifs (C(OH)–C–C–N with tert-alkyl or cyclic N) is 1. The Bertz CT molecular complexity index is 121. The summed E-state index contributed by atoms with van der Waals surface area (Å²) in [5.41, 5.74) is 0.109. The third-order valence-corrected chi connectivity index (χ3v) is 1.61. The van der Waals surface area contributed by atoms with Gasteiger partial charge in [0, 0.05) is 12.1 Å². The molecule has 1 unspecified atom stereocenters. The predicted molar refractivity (Wildman–Crippen MR) is 60.5 cm³/mol. The molecule has 0 aromatic heterocycles. The van der Waals surface area contributed by atoms with Crippen LogP contribution in [0.5, 0.6) is 0 Å². The predicted octanol–water partition coefficient (Wildman–Crippen LogP) is 2.20. The average molecular weight is 210 g/mol. The van der Waals surface area contributed by atoms with Gasteiger partial charge in [-0.15, -0.1) is 12.4 Å². The minimum absolute atomic E-state index is 0. The van der Waals surface area contributed by atoms with Crippen LogP contribution in [-0.2, 0) is 0 Å². The highest BCUT2D eigenvalue weighted by molar-refractivity contribution is 5.85. The van der Waals surface area contributed by atoms with Crippen molar-refractivity contribution in [3.63, 3.8) is 0 Å². The zero-order valence-corrected chi connectivity index (χ0v) is 10.2. The van der Waals surface area contributed by atoms with Gasteiger partial charge in [-0.2, -0.15) is 0 Å². The second kappa shape index (κ2) is 6.63. The van der Waals surface area contributed by atoms with Crippen LogP contribution in [0.2, 0.25) is 0 Å². The highest BCUT2D eigenvalue weighted by Crippen LogP contribution is 2.05. The Hall–Kier alpha value is 0.210. The number of nitrogens with one attached hydrogen (secondary N) is 1. The SMILES string of the molecule is CC(C)CC(O)CNC(C)(C)C.Cl. The van der Waals surface area contributed by atoms with Gasteiger partial charge in [0.05, 0.1) is 6.10 Å². The molecular formula is C10H24ClNO. The van der Waals surface area contributed by atoms with Crippen molar-refractivity contribution in [3.05, 3.63) is 0 Å². The van der Waals surface area contributed by atoms with Gasteiger partial charge in [-0.05, 0) is 33.1 Å². The van der Waals surface area contributed by atoms with E-state index in [1.54, 1.807) is 0 Å². The summed E-state index contributed by atoms with van der Waals surface area (Å²) in [5, 5.41) is 12.8. The molecule has 0 fully saturated rings. The van der Waals surface area contributed by atoms with Crippen LogP contribution in [0.15, 0.2) is 0 Å². The first-order valence-electron chi connectivity index (χ1n) is 4.74. The normalized spacial score (nSPS) is 14.1. The molecule has 0 saturated heterocycles. The second-order valence-corrected chi connectivity index (χ2v) is 4.91. The van der Waals surface area contributed by atoms with Gasteiger partial charge in [0.25, 0.3) is 0 Å². The van der Waals surface area contributed by atoms with Crippen molar-refractivity contribution in [2.24, 2.45) is 5.92 Å². The van der Waals surface area contributed by atoms with Gasteiger partial charge in [0.15, 0.2) is 0 Å². The van der Waals surface area contributed by atoms with Crippen LogP contribution in [0.3, 0.4) is 0 Å². The number of aliphatic hydroxyl groups excluding tert-OH is 1. The van der Waals surface area contributed by atoms with Crippen LogP contribution >= 0.6 is 12.4 Å². The lowest BCUT2D eigenvalue weighted by atomic mass is 10.0. The summed E-state index contributed by atoms with van der Waals surface area (Å²) in [6, 6.07) is 0. The summed E-state index contributed by atoms with van der Waals surface area (Å²) >= 11 is 0.